The molecular formula is C12H8N3. The fourth-order valence-corrected chi connectivity index (χ4v) is 1.02. The number of nitrogens with two attached hydrogens (primary N) is 1. The predicted molar refractivity (Wildman–Crippen MR) is 57.7 cm³/mol. The van der Waals surface area contributed by atoms with Gasteiger partial charge in [-0.25, -0.2) is 9.97 Å². The summed E-state index contributed by atoms with van der Waals surface area (Å²) in [4.78, 5) is 7.70. The summed E-state index contributed by atoms with van der Waals surface area (Å²) in [7, 11) is 0. The molecule has 0 saturated carbocycles. The van der Waals surface area contributed by atoms with E-state index in [9.17, 15) is 0 Å². The molecule has 71 valence electrons. The molecule has 0 spiro atoms. The molecule has 15 heavy (non-hydrogen) atoms. The zero-order chi connectivity index (χ0) is 10.5. The average molecular weight is 194 g/mol. The van der Waals surface area contributed by atoms with Gasteiger partial charge in [-0.2, -0.15) is 0 Å². The Kier molecular flexibility index (Phi) is 2.61. The number of hydrogen-bond donors (Lipinski definition) is 1. The number of nitrogens with zero attached hydrogens (tertiary/aromatic N) is 2. The Morgan fingerprint density at radius 1 is 1.13 bits per heavy atom. The van der Waals surface area contributed by atoms with Crippen LogP contribution in [0.5, 0.6) is 0 Å². The zero-order valence-corrected chi connectivity index (χ0v) is 7.94. The van der Waals surface area contributed by atoms with Crippen LogP contribution in [-0.4, -0.2) is 9.97 Å². The highest BCUT2D eigenvalue weighted by Crippen LogP contribution is 1.97. The van der Waals surface area contributed by atoms with Gasteiger partial charge in [0, 0.05) is 18.0 Å². The van der Waals surface area contributed by atoms with Crippen molar-refractivity contribution in [1.82, 2.24) is 9.97 Å². The molecule has 2 aromatic rings. The van der Waals surface area contributed by atoms with Gasteiger partial charge in [0.1, 0.15) is 0 Å². The maximum atomic E-state index is 5.36. The van der Waals surface area contributed by atoms with Crippen molar-refractivity contribution in [3.05, 3.63) is 53.9 Å². The van der Waals surface area contributed by atoms with Gasteiger partial charge in [-0.15, -0.1) is 0 Å². The van der Waals surface area contributed by atoms with Gasteiger partial charge >= 0.3 is 0 Å². The monoisotopic (exact) mass is 194 g/mol. The predicted octanol–water partition coefficient (Wildman–Crippen LogP) is 1.26. The smallest absolute Gasteiger partial charge is 0.219 e. The Balaban J connectivity index is 2.22. The topological polar surface area (TPSA) is 51.8 Å². The highest BCUT2D eigenvalue weighted by Gasteiger charge is 1.88. The molecule has 0 fully saturated rings. The fraction of sp³-hybridized carbons (Fsp3) is 0. The quantitative estimate of drug-likeness (QED) is 0.642. The van der Waals surface area contributed by atoms with Gasteiger partial charge in [0.25, 0.3) is 0 Å². The van der Waals surface area contributed by atoms with Crippen LogP contribution in [0, 0.1) is 17.9 Å². The minimum absolute atomic E-state index is 0.258. The first-order valence-electron chi connectivity index (χ1n) is 4.40. The summed E-state index contributed by atoms with van der Waals surface area (Å²) in [6, 6.07) is 10.4. The lowest BCUT2D eigenvalue weighted by molar-refractivity contribution is 1.17. The van der Waals surface area contributed by atoms with Crippen molar-refractivity contribution in [1.29, 1.82) is 0 Å². The van der Waals surface area contributed by atoms with Crippen LogP contribution < -0.4 is 5.73 Å². The lowest BCUT2D eigenvalue weighted by Gasteiger charge is -1.90. The van der Waals surface area contributed by atoms with Crippen molar-refractivity contribution in [3.63, 3.8) is 0 Å². The van der Waals surface area contributed by atoms with Crippen molar-refractivity contribution < 1.29 is 0 Å². The Hall–Kier alpha value is -2.34. The summed E-state index contributed by atoms with van der Waals surface area (Å²) >= 11 is 0. The molecule has 1 radical (unpaired) electrons. The molecule has 3 heteroatoms. The molecule has 0 aliphatic carbocycles. The first-order chi connectivity index (χ1) is 7.34. The molecule has 0 bridgehead atoms. The molecule has 0 atom stereocenters. The average Bonchev–Trinajstić information content (AvgIpc) is 2.30. The van der Waals surface area contributed by atoms with Crippen LogP contribution in [0.25, 0.3) is 0 Å². The summed E-state index contributed by atoms with van der Waals surface area (Å²) in [5.74, 6) is 6.17. The van der Waals surface area contributed by atoms with Gasteiger partial charge in [0.15, 0.2) is 0 Å². The molecule has 2 rings (SSSR count). The van der Waals surface area contributed by atoms with Gasteiger partial charge in [-0.1, -0.05) is 24.0 Å². The molecule has 1 aromatic carbocycles. The third-order valence-electron chi connectivity index (χ3n) is 1.73. The molecular weight excluding hydrogens is 186 g/mol. The van der Waals surface area contributed by atoms with Crippen molar-refractivity contribution >= 4 is 5.95 Å². The fourth-order valence-electron chi connectivity index (χ4n) is 1.02. The van der Waals surface area contributed by atoms with Crippen molar-refractivity contribution in [2.24, 2.45) is 0 Å². The molecule has 3 nitrogen and oxygen atoms in total. The second-order valence-corrected chi connectivity index (χ2v) is 2.87. The van der Waals surface area contributed by atoms with E-state index in [-0.39, 0.29) is 5.95 Å². The van der Waals surface area contributed by atoms with E-state index >= 15 is 0 Å². The molecule has 0 aliphatic heterocycles. The zero-order valence-electron chi connectivity index (χ0n) is 7.94. The number of rotatable bonds is 0. The molecule has 0 amide bonds. The van der Waals surface area contributed by atoms with E-state index in [1.165, 1.54) is 0 Å². The molecule has 1 aromatic heterocycles. The van der Waals surface area contributed by atoms with Crippen LogP contribution in [0.15, 0.2) is 36.7 Å². The van der Waals surface area contributed by atoms with E-state index in [4.69, 9.17) is 5.73 Å². The summed E-state index contributed by atoms with van der Waals surface area (Å²) in [5.41, 5.74) is 7.01. The normalized spacial score (nSPS) is 9.07. The maximum absolute atomic E-state index is 5.36. The summed E-state index contributed by atoms with van der Waals surface area (Å²) < 4.78 is 0. The number of aromatic nitrogens is 2. The third-order valence-corrected chi connectivity index (χ3v) is 1.73. The van der Waals surface area contributed by atoms with Crippen LogP contribution in [-0.2, 0) is 0 Å². The minimum atomic E-state index is 0.258. The van der Waals surface area contributed by atoms with Gasteiger partial charge in [0.2, 0.25) is 5.95 Å². The Labute approximate surface area is 88.0 Å². The van der Waals surface area contributed by atoms with Gasteiger partial charge < -0.3 is 5.73 Å². The Morgan fingerprint density at radius 2 is 1.87 bits per heavy atom. The summed E-state index contributed by atoms with van der Waals surface area (Å²) in [5, 5.41) is 0. The number of nitrogen functional groups attached to an aromatic ring is 1. The van der Waals surface area contributed by atoms with Crippen LogP contribution in [0.4, 0.5) is 5.95 Å². The van der Waals surface area contributed by atoms with Gasteiger partial charge in [-0.3, -0.25) is 0 Å². The number of hydrogen-bond acceptors (Lipinski definition) is 3. The highest BCUT2D eigenvalue weighted by atomic mass is 15.0. The van der Waals surface area contributed by atoms with Crippen LogP contribution in [0.3, 0.4) is 0 Å². The first-order valence-corrected chi connectivity index (χ1v) is 4.40. The molecule has 0 aliphatic rings. The second kappa shape index (κ2) is 4.25. The summed E-state index contributed by atoms with van der Waals surface area (Å²) in [6.45, 7) is 0. The maximum Gasteiger partial charge on any atom is 0.219 e. The van der Waals surface area contributed by atoms with Gasteiger partial charge in [-0.05, 0) is 18.2 Å². The van der Waals surface area contributed by atoms with Crippen LogP contribution >= 0.6 is 0 Å². The van der Waals surface area contributed by atoms with E-state index in [1.807, 2.05) is 24.3 Å². The second-order valence-electron chi connectivity index (χ2n) is 2.87. The number of anilines is 1. The van der Waals surface area contributed by atoms with E-state index in [0.717, 1.165) is 11.1 Å². The van der Waals surface area contributed by atoms with Crippen molar-refractivity contribution in [2.45, 2.75) is 0 Å². The van der Waals surface area contributed by atoms with E-state index < -0.39 is 0 Å². The standard InChI is InChI=1S/C12H8N3/c13-12-14-8-11(9-15-12)7-6-10-4-2-1-3-5-10/h1-2,4-5,8-9H,(H2,13,14,15). The van der Waals surface area contributed by atoms with Crippen LogP contribution in [0.2, 0.25) is 0 Å². The first kappa shape index (κ1) is 9.22. The SMILES string of the molecule is Nc1ncc(C#Cc2c[c]ccc2)cn1. The lowest BCUT2D eigenvalue weighted by Crippen LogP contribution is -1.93. The Morgan fingerprint density at radius 3 is 2.53 bits per heavy atom. The van der Waals surface area contributed by atoms with Crippen molar-refractivity contribution in [2.75, 3.05) is 5.73 Å². The minimum Gasteiger partial charge on any atom is -0.368 e. The Bertz CT molecular complexity index is 492. The third kappa shape index (κ3) is 2.55. The van der Waals surface area contributed by atoms with E-state index in [0.29, 0.717) is 0 Å². The lowest BCUT2D eigenvalue weighted by atomic mass is 10.2. The molecule has 1 heterocycles. The van der Waals surface area contributed by atoms with Crippen LogP contribution in [0.1, 0.15) is 11.1 Å². The number of benzene rings is 1. The van der Waals surface area contributed by atoms with Gasteiger partial charge in [0.05, 0.1) is 5.56 Å². The molecule has 0 unspecified atom stereocenters. The highest BCUT2D eigenvalue weighted by molar-refractivity contribution is 5.41. The molecule has 2 N–H and O–H groups in total. The largest absolute Gasteiger partial charge is 0.368 e. The molecule has 0 saturated heterocycles. The van der Waals surface area contributed by atoms with E-state index in [1.54, 1.807) is 12.4 Å². The summed E-state index contributed by atoms with van der Waals surface area (Å²) in [6.07, 6.45) is 3.20. The van der Waals surface area contributed by atoms with Crippen molar-refractivity contribution in [3.8, 4) is 11.8 Å². The van der Waals surface area contributed by atoms with E-state index in [2.05, 4.69) is 27.9 Å².